The number of ketones is 2. The van der Waals surface area contributed by atoms with Gasteiger partial charge in [0.1, 0.15) is 19.0 Å². The highest BCUT2D eigenvalue weighted by atomic mass is 16.6. The van der Waals surface area contributed by atoms with Gasteiger partial charge in [-0.3, -0.25) is 14.4 Å². The fraction of sp³-hybridized carbons (Fsp3) is 0.0909. The Morgan fingerprint density at radius 2 is 1.63 bits per heavy atom. The summed E-state index contributed by atoms with van der Waals surface area (Å²) in [6, 6.07) is 7.70. The van der Waals surface area contributed by atoms with Crippen LogP contribution in [-0.4, -0.2) is 36.7 Å². The number of nitrogens with one attached hydrogen (secondary N) is 1. The molecule has 8 heteroatoms. The van der Waals surface area contributed by atoms with Crippen molar-refractivity contribution in [2.45, 2.75) is 0 Å². The molecular weight excluding hydrogens is 388 g/mol. The molecule has 152 valence electrons. The third-order valence-corrected chi connectivity index (χ3v) is 4.40. The van der Waals surface area contributed by atoms with Gasteiger partial charge >= 0.3 is 5.97 Å². The molecule has 1 amide bonds. The number of nitrogen functional groups attached to an aromatic ring is 1. The van der Waals surface area contributed by atoms with Crippen LogP contribution in [-0.2, 0) is 14.3 Å². The van der Waals surface area contributed by atoms with Crippen LogP contribution >= 0.6 is 0 Å². The number of amides is 1. The SMILES string of the molecule is C=CC(=O)Nc1cc(OCCOC(=O)C=C)c(N)c2c1C(=O)c1ccccc1C2=O. The molecule has 3 N–H and O–H groups in total. The van der Waals surface area contributed by atoms with E-state index in [0.717, 1.165) is 12.2 Å². The Kier molecular flexibility index (Phi) is 5.78. The normalized spacial score (nSPS) is 11.7. The van der Waals surface area contributed by atoms with Crippen molar-refractivity contribution in [1.82, 2.24) is 0 Å². The first-order valence-corrected chi connectivity index (χ1v) is 8.89. The van der Waals surface area contributed by atoms with Gasteiger partial charge in [-0.15, -0.1) is 0 Å². The smallest absolute Gasteiger partial charge is 0.330 e. The molecule has 0 heterocycles. The molecule has 0 spiro atoms. The summed E-state index contributed by atoms with van der Waals surface area (Å²) in [5.41, 5.74) is 6.52. The maximum absolute atomic E-state index is 13.1. The maximum Gasteiger partial charge on any atom is 0.330 e. The van der Waals surface area contributed by atoms with Crippen LogP contribution < -0.4 is 15.8 Å². The third kappa shape index (κ3) is 3.70. The van der Waals surface area contributed by atoms with Crippen molar-refractivity contribution >= 4 is 34.8 Å². The number of hydrogen-bond acceptors (Lipinski definition) is 7. The van der Waals surface area contributed by atoms with Crippen LogP contribution in [0.4, 0.5) is 11.4 Å². The second kappa shape index (κ2) is 8.44. The molecule has 0 aromatic heterocycles. The summed E-state index contributed by atoms with van der Waals surface area (Å²) >= 11 is 0. The van der Waals surface area contributed by atoms with Crippen LogP contribution in [0.3, 0.4) is 0 Å². The zero-order valence-electron chi connectivity index (χ0n) is 15.9. The number of hydrogen-bond donors (Lipinski definition) is 2. The van der Waals surface area contributed by atoms with Crippen molar-refractivity contribution in [3.8, 4) is 5.75 Å². The van der Waals surface area contributed by atoms with Crippen molar-refractivity contribution in [3.63, 3.8) is 0 Å². The Labute approximate surface area is 172 Å². The lowest BCUT2D eigenvalue weighted by Gasteiger charge is -2.23. The van der Waals surface area contributed by atoms with E-state index in [1.165, 1.54) is 18.2 Å². The molecule has 0 fully saturated rings. The van der Waals surface area contributed by atoms with Gasteiger partial charge < -0.3 is 20.5 Å². The number of carbonyl (C=O) groups is 4. The molecule has 0 aliphatic heterocycles. The molecule has 1 aliphatic carbocycles. The molecule has 3 rings (SSSR count). The van der Waals surface area contributed by atoms with Gasteiger partial charge in [-0.25, -0.2) is 4.79 Å². The lowest BCUT2D eigenvalue weighted by atomic mass is 9.82. The molecule has 0 atom stereocenters. The minimum absolute atomic E-state index is 0.0168. The van der Waals surface area contributed by atoms with E-state index < -0.39 is 23.4 Å². The van der Waals surface area contributed by atoms with Crippen LogP contribution in [0.2, 0.25) is 0 Å². The molecule has 0 saturated carbocycles. The highest BCUT2D eigenvalue weighted by molar-refractivity contribution is 6.32. The molecule has 8 nitrogen and oxygen atoms in total. The molecule has 0 saturated heterocycles. The molecule has 2 aromatic carbocycles. The van der Waals surface area contributed by atoms with Gasteiger partial charge in [-0.1, -0.05) is 37.4 Å². The first-order valence-electron chi connectivity index (χ1n) is 8.89. The topological polar surface area (TPSA) is 125 Å². The van der Waals surface area contributed by atoms with Crippen LogP contribution in [0.25, 0.3) is 0 Å². The average molecular weight is 406 g/mol. The predicted molar refractivity (Wildman–Crippen MR) is 110 cm³/mol. The van der Waals surface area contributed by atoms with E-state index in [4.69, 9.17) is 15.2 Å². The summed E-state index contributed by atoms with van der Waals surface area (Å²) in [6.07, 6.45) is 2.04. The number of rotatable bonds is 7. The van der Waals surface area contributed by atoms with Crippen molar-refractivity contribution in [2.24, 2.45) is 0 Å². The van der Waals surface area contributed by atoms with E-state index in [2.05, 4.69) is 18.5 Å². The molecular formula is C22H18N2O6. The lowest BCUT2D eigenvalue weighted by Crippen LogP contribution is -2.25. The lowest BCUT2D eigenvalue weighted by molar-refractivity contribution is -0.138. The average Bonchev–Trinajstić information content (AvgIpc) is 2.76. The number of benzene rings is 2. The van der Waals surface area contributed by atoms with E-state index in [9.17, 15) is 19.2 Å². The Morgan fingerprint density at radius 3 is 2.23 bits per heavy atom. The first kappa shape index (κ1) is 20.5. The third-order valence-electron chi connectivity index (χ3n) is 4.40. The van der Waals surface area contributed by atoms with E-state index in [-0.39, 0.29) is 52.6 Å². The van der Waals surface area contributed by atoms with Gasteiger partial charge in [0.05, 0.1) is 22.5 Å². The minimum atomic E-state index is -0.617. The zero-order valence-corrected chi connectivity index (χ0v) is 15.9. The second-order valence-corrected chi connectivity index (χ2v) is 6.20. The number of carbonyl (C=O) groups excluding carboxylic acids is 4. The number of nitrogens with two attached hydrogens (primary N) is 1. The van der Waals surface area contributed by atoms with Crippen LogP contribution in [0.15, 0.2) is 55.6 Å². The van der Waals surface area contributed by atoms with E-state index in [1.807, 2.05) is 0 Å². The highest BCUT2D eigenvalue weighted by Gasteiger charge is 2.35. The predicted octanol–water partition coefficient (Wildman–Crippen LogP) is 2.28. The van der Waals surface area contributed by atoms with Crippen molar-refractivity contribution in [3.05, 3.63) is 77.9 Å². The van der Waals surface area contributed by atoms with Gasteiger partial charge in [0.25, 0.3) is 0 Å². The van der Waals surface area contributed by atoms with Gasteiger partial charge in [0.15, 0.2) is 11.6 Å². The quantitative estimate of drug-likeness (QED) is 0.267. The number of ether oxygens (including phenoxy) is 2. The van der Waals surface area contributed by atoms with Crippen molar-refractivity contribution in [1.29, 1.82) is 0 Å². The minimum Gasteiger partial charge on any atom is -0.488 e. The Hall–Kier alpha value is -4.20. The molecule has 2 aromatic rings. The van der Waals surface area contributed by atoms with E-state index >= 15 is 0 Å². The van der Waals surface area contributed by atoms with Crippen molar-refractivity contribution < 1.29 is 28.7 Å². The van der Waals surface area contributed by atoms with Crippen LogP contribution in [0, 0.1) is 0 Å². The van der Waals surface area contributed by atoms with Crippen molar-refractivity contribution in [2.75, 3.05) is 24.3 Å². The Morgan fingerprint density at radius 1 is 1.00 bits per heavy atom. The number of fused-ring (bicyclic) bond motifs is 2. The summed E-state index contributed by atoms with van der Waals surface area (Å²) in [5.74, 6) is -2.04. The zero-order chi connectivity index (χ0) is 21.8. The van der Waals surface area contributed by atoms with Crippen LogP contribution in [0.1, 0.15) is 31.8 Å². The number of esters is 1. The number of anilines is 2. The first-order chi connectivity index (χ1) is 14.4. The molecule has 0 radical (unpaired) electrons. The van der Waals surface area contributed by atoms with Gasteiger partial charge in [-0.2, -0.15) is 0 Å². The van der Waals surface area contributed by atoms with Gasteiger partial charge in [0, 0.05) is 23.3 Å². The van der Waals surface area contributed by atoms with Gasteiger partial charge in [-0.05, 0) is 6.08 Å². The summed E-state index contributed by atoms with van der Waals surface area (Å²) in [5, 5.41) is 2.52. The summed E-state index contributed by atoms with van der Waals surface area (Å²) in [6.45, 7) is 6.51. The molecule has 0 unspecified atom stereocenters. The fourth-order valence-corrected chi connectivity index (χ4v) is 3.05. The fourth-order valence-electron chi connectivity index (χ4n) is 3.05. The molecule has 0 bridgehead atoms. The Balaban J connectivity index is 2.06. The van der Waals surface area contributed by atoms with Crippen LogP contribution in [0.5, 0.6) is 5.75 Å². The van der Waals surface area contributed by atoms with E-state index in [1.54, 1.807) is 12.1 Å². The summed E-state index contributed by atoms with van der Waals surface area (Å²) < 4.78 is 10.4. The standard InChI is InChI=1S/C22H18N2O6/c1-3-16(25)24-14-11-15(29-9-10-30-17(26)4-2)20(23)19-18(14)21(27)12-7-5-6-8-13(12)22(19)28/h3-8,11H,1-2,9-10,23H2,(H,24,25). The monoisotopic (exact) mass is 406 g/mol. The van der Waals surface area contributed by atoms with E-state index in [0.29, 0.717) is 0 Å². The summed E-state index contributed by atoms with van der Waals surface area (Å²) in [4.78, 5) is 49.2. The Bertz CT molecular complexity index is 1100. The highest BCUT2D eigenvalue weighted by Crippen LogP contribution is 2.40. The largest absolute Gasteiger partial charge is 0.488 e. The summed E-state index contributed by atoms with van der Waals surface area (Å²) in [7, 11) is 0. The maximum atomic E-state index is 13.1. The van der Waals surface area contributed by atoms with Gasteiger partial charge in [0.2, 0.25) is 5.91 Å². The molecule has 30 heavy (non-hydrogen) atoms. The second-order valence-electron chi connectivity index (χ2n) is 6.20. The molecule has 1 aliphatic rings.